The highest BCUT2D eigenvalue weighted by Gasteiger charge is 2.37. The Morgan fingerprint density at radius 1 is 0.698 bits per heavy atom. The van der Waals surface area contributed by atoms with E-state index in [1.54, 1.807) is 14.2 Å². The number of rotatable bonds is 2. The molecule has 7 heteroatoms. The molecule has 43 heavy (non-hydrogen) atoms. The fourth-order valence-corrected chi connectivity index (χ4v) is 7.48. The number of hydrogen-bond donors (Lipinski definition) is 1. The molecule has 8 rings (SSSR count). The molecule has 1 N–H and O–H groups in total. The molecule has 220 valence electrons. The zero-order chi connectivity index (χ0) is 29.4. The first-order valence-corrected chi connectivity index (χ1v) is 15.1. The van der Waals surface area contributed by atoms with Gasteiger partial charge in [-0.1, -0.05) is 12.1 Å². The minimum Gasteiger partial charge on any atom is -0.507 e. The molecule has 0 fully saturated rings. The minimum absolute atomic E-state index is 0.0548. The van der Waals surface area contributed by atoms with Crippen molar-refractivity contribution in [1.29, 1.82) is 0 Å². The third-order valence-corrected chi connectivity index (χ3v) is 9.87. The predicted octanol–water partition coefficient (Wildman–Crippen LogP) is 6.83. The molecule has 0 saturated heterocycles. The van der Waals surface area contributed by atoms with Gasteiger partial charge in [0.15, 0.2) is 23.0 Å². The van der Waals surface area contributed by atoms with Crippen LogP contribution in [-0.2, 0) is 25.7 Å². The molecule has 0 aliphatic carbocycles. The Morgan fingerprint density at radius 3 is 2.14 bits per heavy atom. The zero-order valence-electron chi connectivity index (χ0n) is 25.1. The van der Waals surface area contributed by atoms with Crippen LogP contribution in [0.4, 0.5) is 0 Å². The summed E-state index contributed by atoms with van der Waals surface area (Å²) in [6, 6.07) is 19.0. The number of hydrogen-bond acceptors (Lipinski definition) is 7. The van der Waals surface area contributed by atoms with Gasteiger partial charge in [0.05, 0.1) is 14.2 Å². The van der Waals surface area contributed by atoms with E-state index in [2.05, 4.69) is 60.3 Å². The summed E-state index contributed by atoms with van der Waals surface area (Å²) in [6.45, 7) is 1.87. The van der Waals surface area contributed by atoms with E-state index >= 15 is 0 Å². The number of phenolic OH excluding ortho intramolecular Hbond substituents is 1. The van der Waals surface area contributed by atoms with Crippen LogP contribution in [0, 0.1) is 0 Å². The molecule has 7 bridgehead atoms. The summed E-state index contributed by atoms with van der Waals surface area (Å²) in [6.07, 6.45) is 3.39. The fraction of sp³-hybridized carbons (Fsp3) is 0.333. The minimum atomic E-state index is 0.0548. The standard InChI is InChI=1S/C36H36N2O5/c1-37-11-9-22-17-31-32-19-24(22)27(37)15-20-5-7-29(39)25(13-20)26-14-21(6-8-30(26)40-3)16-28-34-23(10-12-38(28)2)18-33(41-4)35(42-31)36(34)43-32/h5-8,13-14,17-19,27-28,39H,9-12,15-16H2,1-4H3/t27-,28+/m0/s1. The van der Waals surface area contributed by atoms with Gasteiger partial charge in [0, 0.05) is 41.9 Å². The third kappa shape index (κ3) is 4.17. The maximum Gasteiger partial charge on any atom is 0.212 e. The number of nitrogens with zero attached hydrogens (tertiary/aromatic N) is 2. The number of ether oxygens (including phenoxy) is 4. The monoisotopic (exact) mass is 576 g/mol. The van der Waals surface area contributed by atoms with Crippen LogP contribution < -0.4 is 18.9 Å². The van der Waals surface area contributed by atoms with E-state index in [-0.39, 0.29) is 17.8 Å². The van der Waals surface area contributed by atoms with E-state index in [0.29, 0.717) is 11.5 Å². The van der Waals surface area contributed by atoms with Gasteiger partial charge in [-0.2, -0.15) is 0 Å². The first-order valence-electron chi connectivity index (χ1n) is 15.1. The number of aromatic hydroxyl groups is 1. The first-order chi connectivity index (χ1) is 20.9. The predicted molar refractivity (Wildman–Crippen MR) is 165 cm³/mol. The van der Waals surface area contributed by atoms with Crippen LogP contribution in [0.15, 0.2) is 54.6 Å². The van der Waals surface area contributed by atoms with E-state index in [1.165, 1.54) is 16.7 Å². The number of fused-ring (bicyclic) bond motifs is 5. The number of likely N-dealkylation sites (N-methyl/N-ethyl adjacent to an activating group) is 2. The first kappa shape index (κ1) is 26.4. The van der Waals surface area contributed by atoms with Gasteiger partial charge in [-0.15, -0.1) is 0 Å². The van der Waals surface area contributed by atoms with Gasteiger partial charge in [-0.05, 0) is 110 Å². The summed E-state index contributed by atoms with van der Waals surface area (Å²) in [4.78, 5) is 4.82. The van der Waals surface area contributed by atoms with Crippen molar-refractivity contribution in [2.45, 2.75) is 37.8 Å². The molecule has 4 aliphatic rings. The van der Waals surface area contributed by atoms with Crippen LogP contribution >= 0.6 is 0 Å². The number of methoxy groups -OCH3 is 2. The molecule has 0 amide bonds. The third-order valence-electron chi connectivity index (χ3n) is 9.87. The summed E-state index contributed by atoms with van der Waals surface area (Å²) in [7, 11) is 7.75. The second-order valence-corrected chi connectivity index (χ2v) is 12.3. The van der Waals surface area contributed by atoms with E-state index < -0.39 is 0 Å². The second-order valence-electron chi connectivity index (χ2n) is 12.3. The Hall–Kier alpha value is -4.20. The quantitative estimate of drug-likeness (QED) is 0.247. The van der Waals surface area contributed by atoms with Gasteiger partial charge < -0.3 is 24.1 Å². The highest BCUT2D eigenvalue weighted by Crippen LogP contribution is 2.56. The van der Waals surface area contributed by atoms with Crippen LogP contribution in [0.3, 0.4) is 0 Å². The van der Waals surface area contributed by atoms with Crippen molar-refractivity contribution < 1.29 is 24.1 Å². The van der Waals surface area contributed by atoms with E-state index in [0.717, 1.165) is 89.6 Å². The fourth-order valence-electron chi connectivity index (χ4n) is 7.48. The molecule has 4 heterocycles. The lowest BCUT2D eigenvalue weighted by atomic mass is 9.85. The molecule has 7 nitrogen and oxygen atoms in total. The SMILES string of the molecule is COc1ccc2cc1-c1cc(ccc1O)C[C@H]1c3cc4c(cc3CCN1C)Oc1c(OC)cc3c(c1O4)[C@@H](C2)N(C)CC3. The van der Waals surface area contributed by atoms with Crippen LogP contribution in [0.2, 0.25) is 0 Å². The van der Waals surface area contributed by atoms with Crippen LogP contribution in [0.1, 0.15) is 45.5 Å². The van der Waals surface area contributed by atoms with Crippen LogP contribution in [0.25, 0.3) is 11.1 Å². The maximum atomic E-state index is 11.1. The Morgan fingerprint density at radius 2 is 1.35 bits per heavy atom. The van der Waals surface area contributed by atoms with Crippen molar-refractivity contribution in [1.82, 2.24) is 9.80 Å². The molecule has 2 atom stereocenters. The normalized spacial score (nSPS) is 20.3. The van der Waals surface area contributed by atoms with Crippen molar-refractivity contribution in [3.05, 3.63) is 88.0 Å². The lowest BCUT2D eigenvalue weighted by Crippen LogP contribution is -2.34. The highest BCUT2D eigenvalue weighted by atomic mass is 16.6. The van der Waals surface area contributed by atoms with Gasteiger partial charge in [-0.3, -0.25) is 9.80 Å². The summed E-state index contributed by atoms with van der Waals surface area (Å²) in [5.74, 6) is 4.58. The van der Waals surface area contributed by atoms with Crippen molar-refractivity contribution in [3.63, 3.8) is 0 Å². The molecule has 4 aromatic carbocycles. The molecular weight excluding hydrogens is 540 g/mol. The lowest BCUT2D eigenvalue weighted by molar-refractivity contribution is 0.218. The second kappa shape index (κ2) is 9.93. The molecule has 0 unspecified atom stereocenters. The Labute approximate surface area is 252 Å². The Bertz CT molecular complexity index is 1780. The lowest BCUT2D eigenvalue weighted by Gasteiger charge is -2.39. The zero-order valence-corrected chi connectivity index (χ0v) is 25.1. The van der Waals surface area contributed by atoms with Gasteiger partial charge in [0.2, 0.25) is 5.75 Å². The largest absolute Gasteiger partial charge is 0.507 e. The molecule has 4 aliphatic heterocycles. The number of benzene rings is 4. The average Bonchev–Trinajstić information content (AvgIpc) is 3.02. The van der Waals surface area contributed by atoms with E-state index in [9.17, 15) is 5.11 Å². The maximum absolute atomic E-state index is 11.1. The molecule has 0 spiro atoms. The Kier molecular flexibility index (Phi) is 6.10. The van der Waals surface area contributed by atoms with Crippen molar-refractivity contribution >= 4 is 0 Å². The van der Waals surface area contributed by atoms with Crippen LogP contribution in [0.5, 0.6) is 40.2 Å². The van der Waals surface area contributed by atoms with Crippen molar-refractivity contribution in [2.75, 3.05) is 41.4 Å². The summed E-state index contributed by atoms with van der Waals surface area (Å²) in [5.41, 5.74) is 8.90. The average molecular weight is 577 g/mol. The Balaban J connectivity index is 1.40. The van der Waals surface area contributed by atoms with Gasteiger partial charge in [0.25, 0.3) is 0 Å². The van der Waals surface area contributed by atoms with Gasteiger partial charge in [-0.25, -0.2) is 0 Å². The summed E-state index contributed by atoms with van der Waals surface area (Å²) >= 11 is 0. The molecule has 0 saturated carbocycles. The van der Waals surface area contributed by atoms with E-state index in [1.807, 2.05) is 18.2 Å². The van der Waals surface area contributed by atoms with Crippen LogP contribution in [-0.4, -0.2) is 56.3 Å². The highest BCUT2D eigenvalue weighted by molar-refractivity contribution is 5.77. The molecule has 0 aromatic heterocycles. The van der Waals surface area contributed by atoms with Crippen molar-refractivity contribution in [2.24, 2.45) is 0 Å². The van der Waals surface area contributed by atoms with Gasteiger partial charge >= 0.3 is 0 Å². The topological polar surface area (TPSA) is 63.6 Å². The van der Waals surface area contributed by atoms with Gasteiger partial charge in [0.1, 0.15) is 11.5 Å². The van der Waals surface area contributed by atoms with E-state index in [4.69, 9.17) is 18.9 Å². The summed E-state index contributed by atoms with van der Waals surface area (Å²) in [5, 5.41) is 11.1. The van der Waals surface area contributed by atoms with Crippen molar-refractivity contribution in [3.8, 4) is 51.4 Å². The smallest absolute Gasteiger partial charge is 0.212 e. The molecule has 0 radical (unpaired) electrons. The summed E-state index contributed by atoms with van der Waals surface area (Å²) < 4.78 is 25.3. The molecule has 4 aromatic rings. The number of phenols is 1. The molecular formula is C36H36N2O5.